The molecular formula is C25H22N2O3S. The number of methoxy groups -OCH3 is 1. The topological polar surface area (TPSA) is 42.0 Å². The first kappa shape index (κ1) is 20.6. The minimum atomic E-state index is -0.165. The number of thiocarbonyl (C=S) groups is 1. The van der Waals surface area contributed by atoms with Crippen LogP contribution in [0.25, 0.3) is 6.08 Å². The van der Waals surface area contributed by atoms with Gasteiger partial charge in [0, 0.05) is 7.05 Å². The van der Waals surface area contributed by atoms with Crippen molar-refractivity contribution < 1.29 is 14.3 Å². The van der Waals surface area contributed by atoms with Gasteiger partial charge in [0.15, 0.2) is 16.6 Å². The summed E-state index contributed by atoms with van der Waals surface area (Å²) in [4.78, 5) is 16.3. The van der Waals surface area contributed by atoms with Crippen molar-refractivity contribution in [3.63, 3.8) is 0 Å². The minimum Gasteiger partial charge on any atom is -0.493 e. The molecule has 0 bridgehead atoms. The first-order valence-corrected chi connectivity index (χ1v) is 10.2. The van der Waals surface area contributed by atoms with Gasteiger partial charge in [-0.2, -0.15) is 0 Å². The second kappa shape index (κ2) is 9.02. The number of nitrogens with zero attached hydrogens (tertiary/aromatic N) is 2. The van der Waals surface area contributed by atoms with Gasteiger partial charge < -0.3 is 14.4 Å². The Morgan fingerprint density at radius 3 is 2.29 bits per heavy atom. The van der Waals surface area contributed by atoms with Crippen LogP contribution in [-0.2, 0) is 11.4 Å². The smallest absolute Gasteiger partial charge is 0.281 e. The Balaban J connectivity index is 1.58. The molecule has 6 heteroatoms. The van der Waals surface area contributed by atoms with Gasteiger partial charge in [-0.3, -0.25) is 9.69 Å². The lowest BCUT2D eigenvalue weighted by Gasteiger charge is -2.16. The molecule has 0 spiro atoms. The summed E-state index contributed by atoms with van der Waals surface area (Å²) in [6.07, 6.45) is 1.81. The van der Waals surface area contributed by atoms with E-state index in [1.54, 1.807) is 25.1 Å². The number of carbonyl (C=O) groups excluding carboxylic acids is 1. The number of amides is 1. The summed E-state index contributed by atoms with van der Waals surface area (Å²) in [5.41, 5.74) is 3.13. The molecular weight excluding hydrogens is 408 g/mol. The molecule has 0 radical (unpaired) electrons. The molecule has 4 rings (SSSR count). The fraction of sp³-hybridized carbons (Fsp3) is 0.120. The van der Waals surface area contributed by atoms with Gasteiger partial charge in [-0.15, -0.1) is 0 Å². The van der Waals surface area contributed by atoms with Crippen molar-refractivity contribution >= 4 is 35.0 Å². The van der Waals surface area contributed by atoms with Crippen molar-refractivity contribution in [2.24, 2.45) is 0 Å². The van der Waals surface area contributed by atoms with Gasteiger partial charge in [-0.1, -0.05) is 54.6 Å². The summed E-state index contributed by atoms with van der Waals surface area (Å²) >= 11 is 5.51. The molecule has 5 nitrogen and oxygen atoms in total. The van der Waals surface area contributed by atoms with Crippen molar-refractivity contribution in [2.45, 2.75) is 6.61 Å². The van der Waals surface area contributed by atoms with Gasteiger partial charge in [0.25, 0.3) is 5.91 Å². The lowest BCUT2D eigenvalue weighted by molar-refractivity contribution is -0.114. The van der Waals surface area contributed by atoms with Crippen molar-refractivity contribution in [1.82, 2.24) is 4.90 Å². The van der Waals surface area contributed by atoms with E-state index in [0.29, 0.717) is 28.9 Å². The zero-order valence-corrected chi connectivity index (χ0v) is 18.1. The van der Waals surface area contributed by atoms with E-state index in [9.17, 15) is 4.79 Å². The zero-order chi connectivity index (χ0) is 21.8. The molecule has 1 aliphatic heterocycles. The maximum absolute atomic E-state index is 13.1. The Morgan fingerprint density at radius 1 is 0.935 bits per heavy atom. The van der Waals surface area contributed by atoms with Gasteiger partial charge in [0.05, 0.1) is 12.8 Å². The highest BCUT2D eigenvalue weighted by Gasteiger charge is 2.36. The SMILES string of the molecule is COc1cc(/C=C2\C(=O)N(c3ccccc3)C(=S)N2C)ccc1OCc1ccccc1. The van der Waals surface area contributed by atoms with E-state index in [4.69, 9.17) is 21.7 Å². The van der Waals surface area contributed by atoms with E-state index in [-0.39, 0.29) is 5.91 Å². The Kier molecular flexibility index (Phi) is 6.00. The molecule has 0 saturated carbocycles. The lowest BCUT2D eigenvalue weighted by Crippen LogP contribution is -2.30. The highest BCUT2D eigenvalue weighted by atomic mass is 32.1. The van der Waals surface area contributed by atoms with E-state index >= 15 is 0 Å². The Bertz CT molecular complexity index is 1130. The van der Waals surface area contributed by atoms with Crippen LogP contribution in [0.4, 0.5) is 5.69 Å². The summed E-state index contributed by atoms with van der Waals surface area (Å²) in [6, 6.07) is 24.9. The second-order valence-corrected chi connectivity index (χ2v) is 7.40. The summed E-state index contributed by atoms with van der Waals surface area (Å²) in [5.74, 6) is 1.07. The maximum atomic E-state index is 13.1. The zero-order valence-electron chi connectivity index (χ0n) is 17.3. The van der Waals surface area contributed by atoms with Crippen LogP contribution in [0.2, 0.25) is 0 Å². The number of benzene rings is 3. The minimum absolute atomic E-state index is 0.165. The highest BCUT2D eigenvalue weighted by Crippen LogP contribution is 2.32. The molecule has 31 heavy (non-hydrogen) atoms. The van der Waals surface area contributed by atoms with E-state index in [2.05, 4.69) is 0 Å². The van der Waals surface area contributed by atoms with Gasteiger partial charge in [-0.25, -0.2) is 0 Å². The maximum Gasteiger partial charge on any atom is 0.281 e. The van der Waals surface area contributed by atoms with Crippen LogP contribution >= 0.6 is 12.2 Å². The number of likely N-dealkylation sites (N-methyl/N-ethyl adjacent to an activating group) is 1. The van der Waals surface area contributed by atoms with Gasteiger partial charge in [0.2, 0.25) is 0 Å². The molecule has 3 aromatic rings. The van der Waals surface area contributed by atoms with Crippen molar-refractivity contribution in [3.8, 4) is 11.5 Å². The van der Waals surface area contributed by atoms with Gasteiger partial charge >= 0.3 is 0 Å². The number of para-hydroxylation sites is 1. The summed E-state index contributed by atoms with van der Waals surface area (Å²) < 4.78 is 11.4. The lowest BCUT2D eigenvalue weighted by atomic mass is 10.1. The van der Waals surface area contributed by atoms with Crippen LogP contribution in [0, 0.1) is 0 Å². The number of carbonyl (C=O) groups is 1. The van der Waals surface area contributed by atoms with Crippen molar-refractivity contribution in [3.05, 3.63) is 95.7 Å². The molecule has 0 N–H and O–H groups in total. The van der Waals surface area contributed by atoms with E-state index in [1.165, 1.54) is 4.90 Å². The predicted octanol–water partition coefficient (Wildman–Crippen LogP) is 4.88. The summed E-state index contributed by atoms with van der Waals surface area (Å²) in [5, 5.41) is 0.442. The summed E-state index contributed by atoms with van der Waals surface area (Å²) in [7, 11) is 3.39. The van der Waals surface area contributed by atoms with Crippen LogP contribution in [0.3, 0.4) is 0 Å². The monoisotopic (exact) mass is 430 g/mol. The average molecular weight is 431 g/mol. The van der Waals surface area contributed by atoms with Crippen LogP contribution in [0.5, 0.6) is 11.5 Å². The third-order valence-corrected chi connectivity index (χ3v) is 5.46. The molecule has 0 unspecified atom stereocenters. The fourth-order valence-electron chi connectivity index (χ4n) is 3.35. The largest absolute Gasteiger partial charge is 0.493 e. The number of rotatable bonds is 6. The average Bonchev–Trinajstić information content (AvgIpc) is 3.02. The Labute approximate surface area is 187 Å². The van der Waals surface area contributed by atoms with Gasteiger partial charge in [-0.05, 0) is 53.7 Å². The molecule has 0 atom stereocenters. The molecule has 3 aromatic carbocycles. The van der Waals surface area contributed by atoms with Crippen LogP contribution in [0.1, 0.15) is 11.1 Å². The molecule has 156 valence electrons. The normalized spacial score (nSPS) is 15.0. The van der Waals surface area contributed by atoms with Crippen LogP contribution in [-0.4, -0.2) is 30.1 Å². The summed E-state index contributed by atoms with van der Waals surface area (Å²) in [6.45, 7) is 0.444. The predicted molar refractivity (Wildman–Crippen MR) is 126 cm³/mol. The van der Waals surface area contributed by atoms with E-state index in [1.807, 2.05) is 78.9 Å². The second-order valence-electron chi connectivity index (χ2n) is 7.03. The third-order valence-electron chi connectivity index (χ3n) is 5.00. The molecule has 0 aromatic heterocycles. The van der Waals surface area contributed by atoms with E-state index < -0.39 is 0 Å². The Morgan fingerprint density at radius 2 is 1.61 bits per heavy atom. The quantitative estimate of drug-likeness (QED) is 0.412. The van der Waals surface area contributed by atoms with E-state index in [0.717, 1.165) is 16.8 Å². The number of hydrogen-bond acceptors (Lipinski definition) is 4. The fourth-order valence-corrected chi connectivity index (χ4v) is 3.63. The molecule has 1 amide bonds. The van der Waals surface area contributed by atoms with Crippen molar-refractivity contribution in [2.75, 3.05) is 19.1 Å². The highest BCUT2D eigenvalue weighted by molar-refractivity contribution is 7.80. The van der Waals surface area contributed by atoms with Crippen LogP contribution < -0.4 is 14.4 Å². The molecule has 1 fully saturated rings. The first-order valence-electron chi connectivity index (χ1n) is 9.82. The molecule has 1 saturated heterocycles. The Hall–Kier alpha value is -3.64. The molecule has 1 heterocycles. The van der Waals surface area contributed by atoms with Gasteiger partial charge in [0.1, 0.15) is 12.3 Å². The van der Waals surface area contributed by atoms with Crippen LogP contribution in [0.15, 0.2) is 84.6 Å². The third kappa shape index (κ3) is 4.29. The standard InChI is InChI=1S/C25H22N2O3S/c1-26-21(24(28)27(25(26)31)20-11-7-4-8-12-20)15-19-13-14-22(23(16-19)29-2)30-17-18-9-5-3-6-10-18/h3-16H,17H2,1-2H3/b21-15+. The molecule has 1 aliphatic rings. The van der Waals surface area contributed by atoms with Crippen molar-refractivity contribution in [1.29, 1.82) is 0 Å². The first-order chi connectivity index (χ1) is 15.1. The molecule has 0 aliphatic carbocycles. The number of hydrogen-bond donors (Lipinski definition) is 0. The number of ether oxygens (including phenoxy) is 2. The number of anilines is 1.